The molecule has 0 atom stereocenters. The van der Waals surface area contributed by atoms with E-state index in [0.717, 1.165) is 14.8 Å². The third-order valence-electron chi connectivity index (χ3n) is 2.94. The van der Waals surface area contributed by atoms with Gasteiger partial charge in [-0.05, 0) is 53.3 Å². The summed E-state index contributed by atoms with van der Waals surface area (Å²) in [5.74, 6) is 0.000434. The van der Waals surface area contributed by atoms with Gasteiger partial charge in [0.1, 0.15) is 0 Å². The van der Waals surface area contributed by atoms with E-state index in [1.54, 1.807) is 11.0 Å². The molecule has 0 heterocycles. The number of likely N-dealkylation sites (N-methyl/N-ethyl adjacent to an activating group) is 1. The number of benzene rings is 2. The van der Waals surface area contributed by atoms with E-state index in [1.807, 2.05) is 67.6 Å². The first-order valence-electron chi connectivity index (χ1n) is 6.51. The number of halogens is 1. The summed E-state index contributed by atoms with van der Waals surface area (Å²) < 4.78 is 1.08. The molecule has 0 spiro atoms. The lowest BCUT2D eigenvalue weighted by atomic mass is 10.2. The second-order valence-corrected chi connectivity index (χ2v) is 5.44. The van der Waals surface area contributed by atoms with Crippen LogP contribution in [0.3, 0.4) is 0 Å². The van der Waals surface area contributed by atoms with Gasteiger partial charge in [-0.25, -0.2) is 0 Å². The molecule has 0 bridgehead atoms. The fraction of sp³-hybridized carbons (Fsp3) is 0.118. The van der Waals surface area contributed by atoms with Crippen LogP contribution in [-0.4, -0.2) is 12.5 Å². The number of carbonyl (C=O) groups excluding carboxylic acids is 1. The number of para-hydroxylation sites is 1. The van der Waals surface area contributed by atoms with Crippen LogP contribution in [0, 0.1) is 3.57 Å². The fourth-order valence-electron chi connectivity index (χ4n) is 1.94. The van der Waals surface area contributed by atoms with Crippen LogP contribution in [0.4, 0.5) is 5.69 Å². The van der Waals surface area contributed by atoms with Crippen LogP contribution < -0.4 is 4.90 Å². The minimum Gasteiger partial charge on any atom is -0.308 e. The SMILES string of the molecule is CCN(C(=O)C=Cc1ccccc1)c1ccccc1I. The van der Waals surface area contributed by atoms with Crippen molar-refractivity contribution in [2.45, 2.75) is 6.92 Å². The van der Waals surface area contributed by atoms with Crippen molar-refractivity contribution in [3.05, 3.63) is 69.8 Å². The van der Waals surface area contributed by atoms with Crippen LogP contribution >= 0.6 is 22.6 Å². The molecule has 0 fully saturated rings. The number of nitrogens with zero attached hydrogens (tertiary/aromatic N) is 1. The third-order valence-corrected chi connectivity index (χ3v) is 3.86. The first-order chi connectivity index (χ1) is 9.72. The summed E-state index contributed by atoms with van der Waals surface area (Å²) in [6.07, 6.45) is 3.47. The van der Waals surface area contributed by atoms with Crippen molar-refractivity contribution in [1.82, 2.24) is 0 Å². The number of anilines is 1. The van der Waals surface area contributed by atoms with E-state index in [4.69, 9.17) is 0 Å². The van der Waals surface area contributed by atoms with Gasteiger partial charge >= 0.3 is 0 Å². The number of rotatable bonds is 4. The molecule has 2 aromatic rings. The Labute approximate surface area is 133 Å². The molecule has 3 heteroatoms. The van der Waals surface area contributed by atoms with Crippen LogP contribution in [0.5, 0.6) is 0 Å². The van der Waals surface area contributed by atoms with E-state index in [-0.39, 0.29) is 5.91 Å². The zero-order valence-corrected chi connectivity index (χ0v) is 13.4. The molecule has 0 saturated heterocycles. The van der Waals surface area contributed by atoms with Gasteiger partial charge in [-0.2, -0.15) is 0 Å². The lowest BCUT2D eigenvalue weighted by Crippen LogP contribution is -2.29. The summed E-state index contributed by atoms with van der Waals surface area (Å²) in [5, 5.41) is 0. The largest absolute Gasteiger partial charge is 0.308 e. The normalized spacial score (nSPS) is 10.7. The van der Waals surface area contributed by atoms with Gasteiger partial charge in [-0.3, -0.25) is 4.79 Å². The maximum absolute atomic E-state index is 12.3. The Kier molecular flexibility index (Phi) is 5.35. The van der Waals surface area contributed by atoms with Gasteiger partial charge in [-0.1, -0.05) is 42.5 Å². The van der Waals surface area contributed by atoms with E-state index in [1.165, 1.54) is 0 Å². The monoisotopic (exact) mass is 377 g/mol. The molecule has 2 aromatic carbocycles. The molecule has 2 rings (SSSR count). The maximum atomic E-state index is 12.3. The maximum Gasteiger partial charge on any atom is 0.251 e. The van der Waals surface area contributed by atoms with E-state index in [2.05, 4.69) is 22.6 Å². The minimum atomic E-state index is 0.000434. The van der Waals surface area contributed by atoms with Crippen molar-refractivity contribution in [2.75, 3.05) is 11.4 Å². The molecule has 102 valence electrons. The van der Waals surface area contributed by atoms with Crippen LogP contribution in [0.25, 0.3) is 6.08 Å². The van der Waals surface area contributed by atoms with Gasteiger partial charge in [0.25, 0.3) is 5.91 Å². The Balaban J connectivity index is 2.18. The lowest BCUT2D eigenvalue weighted by molar-refractivity contribution is -0.114. The van der Waals surface area contributed by atoms with Crippen molar-refractivity contribution in [1.29, 1.82) is 0 Å². The molecule has 0 N–H and O–H groups in total. The smallest absolute Gasteiger partial charge is 0.251 e. The first-order valence-corrected chi connectivity index (χ1v) is 7.59. The van der Waals surface area contributed by atoms with Crippen LogP contribution in [0.1, 0.15) is 12.5 Å². The standard InChI is InChI=1S/C17H16INO/c1-2-19(16-11-7-6-10-15(16)18)17(20)13-12-14-8-4-3-5-9-14/h3-13H,2H2,1H3. The van der Waals surface area contributed by atoms with E-state index in [0.29, 0.717) is 6.54 Å². The highest BCUT2D eigenvalue weighted by atomic mass is 127. The Bertz CT molecular complexity index is 607. The third kappa shape index (κ3) is 3.70. The average molecular weight is 377 g/mol. The Hall–Kier alpha value is -1.62. The molecule has 0 aliphatic carbocycles. The van der Waals surface area contributed by atoms with E-state index in [9.17, 15) is 4.79 Å². The molecule has 0 aliphatic rings. The highest BCUT2D eigenvalue weighted by molar-refractivity contribution is 14.1. The summed E-state index contributed by atoms with van der Waals surface area (Å²) in [6.45, 7) is 2.63. The predicted molar refractivity (Wildman–Crippen MR) is 92.7 cm³/mol. The molecular weight excluding hydrogens is 361 g/mol. The average Bonchev–Trinajstić information content (AvgIpc) is 2.49. The van der Waals surface area contributed by atoms with Crippen LogP contribution in [0.2, 0.25) is 0 Å². The Morgan fingerprint density at radius 1 is 1.10 bits per heavy atom. The lowest BCUT2D eigenvalue weighted by Gasteiger charge is -2.20. The van der Waals surface area contributed by atoms with Crippen molar-refractivity contribution in [2.24, 2.45) is 0 Å². The van der Waals surface area contributed by atoms with Crippen LogP contribution in [-0.2, 0) is 4.79 Å². The van der Waals surface area contributed by atoms with E-state index >= 15 is 0 Å². The van der Waals surface area contributed by atoms with Crippen molar-refractivity contribution >= 4 is 40.3 Å². The zero-order valence-electron chi connectivity index (χ0n) is 11.3. The number of amides is 1. The predicted octanol–water partition coefficient (Wildman–Crippen LogP) is 4.36. The zero-order chi connectivity index (χ0) is 14.4. The highest BCUT2D eigenvalue weighted by Gasteiger charge is 2.13. The number of hydrogen-bond acceptors (Lipinski definition) is 1. The fourth-order valence-corrected chi connectivity index (χ4v) is 2.62. The van der Waals surface area contributed by atoms with Gasteiger partial charge in [0, 0.05) is 16.2 Å². The summed E-state index contributed by atoms with van der Waals surface area (Å²) in [6, 6.07) is 17.7. The van der Waals surface area contributed by atoms with Crippen molar-refractivity contribution in [3.63, 3.8) is 0 Å². The molecule has 0 aromatic heterocycles. The summed E-state index contributed by atoms with van der Waals surface area (Å²) in [5.41, 5.74) is 1.98. The molecule has 0 unspecified atom stereocenters. The highest BCUT2D eigenvalue weighted by Crippen LogP contribution is 2.22. The first kappa shape index (κ1) is 14.8. The van der Waals surface area contributed by atoms with Crippen molar-refractivity contribution in [3.8, 4) is 0 Å². The topological polar surface area (TPSA) is 20.3 Å². The van der Waals surface area contributed by atoms with E-state index < -0.39 is 0 Å². The second kappa shape index (κ2) is 7.24. The van der Waals surface area contributed by atoms with Gasteiger partial charge < -0.3 is 4.90 Å². The molecular formula is C17H16INO. The minimum absolute atomic E-state index is 0.000434. The summed E-state index contributed by atoms with van der Waals surface area (Å²) in [7, 11) is 0. The van der Waals surface area contributed by atoms with Gasteiger partial charge in [0.15, 0.2) is 0 Å². The number of carbonyl (C=O) groups is 1. The second-order valence-electron chi connectivity index (χ2n) is 4.28. The van der Waals surface area contributed by atoms with Gasteiger partial charge in [0.2, 0.25) is 0 Å². The van der Waals surface area contributed by atoms with Gasteiger partial charge in [0.05, 0.1) is 5.69 Å². The molecule has 0 radical (unpaired) electrons. The van der Waals surface area contributed by atoms with Gasteiger partial charge in [-0.15, -0.1) is 0 Å². The molecule has 20 heavy (non-hydrogen) atoms. The Morgan fingerprint density at radius 3 is 2.40 bits per heavy atom. The van der Waals surface area contributed by atoms with Crippen molar-refractivity contribution < 1.29 is 4.79 Å². The Morgan fingerprint density at radius 2 is 1.75 bits per heavy atom. The summed E-state index contributed by atoms with van der Waals surface area (Å²) in [4.78, 5) is 14.1. The molecule has 0 saturated carbocycles. The number of hydrogen-bond donors (Lipinski definition) is 0. The quantitative estimate of drug-likeness (QED) is 0.573. The van der Waals surface area contributed by atoms with Crippen LogP contribution in [0.15, 0.2) is 60.7 Å². The molecule has 1 amide bonds. The summed E-state index contributed by atoms with van der Waals surface area (Å²) >= 11 is 2.25. The molecule has 0 aliphatic heterocycles. The molecule has 2 nitrogen and oxygen atoms in total.